The Morgan fingerprint density at radius 1 is 1.20 bits per heavy atom. The third-order valence-electron chi connectivity index (χ3n) is 3.97. The summed E-state index contributed by atoms with van der Waals surface area (Å²) in [7, 11) is 1.60. The van der Waals surface area contributed by atoms with Gasteiger partial charge in [0.2, 0.25) is 0 Å². The lowest BCUT2D eigenvalue weighted by Crippen LogP contribution is -2.32. The molecule has 3 aromatic rings. The summed E-state index contributed by atoms with van der Waals surface area (Å²) >= 11 is 5.93. The van der Waals surface area contributed by atoms with Crippen LogP contribution in [0.2, 0.25) is 5.02 Å². The van der Waals surface area contributed by atoms with Gasteiger partial charge in [-0.25, -0.2) is 0 Å². The van der Waals surface area contributed by atoms with Gasteiger partial charge in [0.25, 0.3) is 11.7 Å². The number of ketones is 1. The summed E-state index contributed by atoms with van der Waals surface area (Å²) < 4.78 is 5.27. The average molecular weight is 357 g/mol. The molecule has 1 amide bonds. The molecule has 0 aliphatic carbocycles. The molecular weight excluding hydrogens is 340 g/mol. The molecule has 0 aliphatic heterocycles. The molecule has 0 aliphatic rings. The Balaban J connectivity index is 1.65. The Morgan fingerprint density at radius 2 is 2.00 bits per heavy atom. The number of benzene rings is 2. The number of halogens is 1. The Kier molecular flexibility index (Phi) is 5.05. The maximum atomic E-state index is 12.4. The molecule has 0 saturated carbocycles. The maximum absolute atomic E-state index is 12.4. The van der Waals surface area contributed by atoms with Gasteiger partial charge in [0.15, 0.2) is 0 Å². The molecule has 0 bridgehead atoms. The zero-order chi connectivity index (χ0) is 17.8. The smallest absolute Gasteiger partial charge is 0.292 e. The number of aromatic nitrogens is 1. The van der Waals surface area contributed by atoms with Crippen molar-refractivity contribution in [2.24, 2.45) is 0 Å². The van der Waals surface area contributed by atoms with Crippen molar-refractivity contribution in [2.45, 2.75) is 6.42 Å². The molecule has 0 unspecified atom stereocenters. The van der Waals surface area contributed by atoms with Gasteiger partial charge in [-0.1, -0.05) is 35.9 Å². The van der Waals surface area contributed by atoms with Crippen molar-refractivity contribution in [3.63, 3.8) is 0 Å². The van der Waals surface area contributed by atoms with Crippen LogP contribution in [-0.4, -0.2) is 30.3 Å². The second-order valence-electron chi connectivity index (χ2n) is 5.54. The number of Topliss-reactive ketones (excluding diaryl/α,β-unsaturated/α-hetero) is 1. The molecular formula is C19H17ClN2O3. The second-order valence-corrected chi connectivity index (χ2v) is 5.98. The van der Waals surface area contributed by atoms with Crippen LogP contribution < -0.4 is 10.1 Å². The second kappa shape index (κ2) is 7.40. The molecule has 0 radical (unpaired) electrons. The number of hydrogen-bond acceptors (Lipinski definition) is 3. The van der Waals surface area contributed by atoms with Gasteiger partial charge < -0.3 is 15.0 Å². The van der Waals surface area contributed by atoms with Gasteiger partial charge >= 0.3 is 0 Å². The number of methoxy groups -OCH3 is 1. The number of H-pyrrole nitrogens is 1. The van der Waals surface area contributed by atoms with E-state index in [1.807, 2.05) is 24.3 Å². The SMILES string of the molecule is COc1ccccc1CCNC(=O)C(=O)c1c[nH]c2cc(Cl)ccc12. The van der Waals surface area contributed by atoms with Crippen LogP contribution in [0, 0.1) is 0 Å². The Morgan fingerprint density at radius 3 is 2.80 bits per heavy atom. The van der Waals surface area contributed by atoms with Crippen LogP contribution in [0.15, 0.2) is 48.7 Å². The van der Waals surface area contributed by atoms with Crippen LogP contribution in [-0.2, 0) is 11.2 Å². The Hall–Kier alpha value is -2.79. The van der Waals surface area contributed by atoms with Crippen LogP contribution in [0.1, 0.15) is 15.9 Å². The summed E-state index contributed by atoms with van der Waals surface area (Å²) in [5.41, 5.74) is 2.03. The first-order valence-corrected chi connectivity index (χ1v) is 8.19. The van der Waals surface area contributed by atoms with Crippen LogP contribution in [0.4, 0.5) is 0 Å². The summed E-state index contributed by atoms with van der Waals surface area (Å²) in [6, 6.07) is 12.7. The Labute approximate surface area is 149 Å². The first-order chi connectivity index (χ1) is 12.1. The zero-order valence-corrected chi connectivity index (χ0v) is 14.4. The fourth-order valence-electron chi connectivity index (χ4n) is 2.71. The van der Waals surface area contributed by atoms with E-state index in [0.29, 0.717) is 28.9 Å². The molecule has 1 aromatic heterocycles. The summed E-state index contributed by atoms with van der Waals surface area (Å²) in [4.78, 5) is 27.5. The number of para-hydroxylation sites is 1. The van der Waals surface area contributed by atoms with E-state index in [1.54, 1.807) is 25.3 Å². The summed E-state index contributed by atoms with van der Waals surface area (Å²) in [6.45, 7) is 0.346. The summed E-state index contributed by atoms with van der Waals surface area (Å²) in [5.74, 6) is -0.448. The maximum Gasteiger partial charge on any atom is 0.292 e. The van der Waals surface area contributed by atoms with Gasteiger partial charge in [-0.2, -0.15) is 0 Å². The van der Waals surface area contributed by atoms with Crippen molar-refractivity contribution in [3.05, 3.63) is 64.8 Å². The van der Waals surface area contributed by atoms with Crippen molar-refractivity contribution < 1.29 is 14.3 Å². The number of ether oxygens (including phenoxy) is 1. The van der Waals surface area contributed by atoms with Gasteiger partial charge in [-0.3, -0.25) is 9.59 Å². The highest BCUT2D eigenvalue weighted by Crippen LogP contribution is 2.22. The minimum Gasteiger partial charge on any atom is -0.496 e. The van der Waals surface area contributed by atoms with E-state index in [2.05, 4.69) is 10.3 Å². The number of carbonyl (C=O) groups excluding carboxylic acids is 2. The molecule has 0 spiro atoms. The van der Waals surface area contributed by atoms with Crippen molar-refractivity contribution in [2.75, 3.05) is 13.7 Å². The lowest BCUT2D eigenvalue weighted by molar-refractivity contribution is -0.116. The molecule has 0 saturated heterocycles. The van der Waals surface area contributed by atoms with Crippen LogP contribution in [0.5, 0.6) is 5.75 Å². The Bertz CT molecular complexity index is 933. The van der Waals surface area contributed by atoms with E-state index in [1.165, 1.54) is 6.20 Å². The van der Waals surface area contributed by atoms with E-state index in [9.17, 15) is 9.59 Å². The number of hydrogen-bond donors (Lipinski definition) is 2. The quantitative estimate of drug-likeness (QED) is 0.525. The minimum atomic E-state index is -0.634. The predicted molar refractivity (Wildman–Crippen MR) is 97.3 cm³/mol. The minimum absolute atomic E-state index is 0.335. The van der Waals surface area contributed by atoms with Crippen LogP contribution in [0.3, 0.4) is 0 Å². The van der Waals surface area contributed by atoms with Crippen molar-refractivity contribution in [3.8, 4) is 5.75 Å². The standard InChI is InChI=1S/C19H17ClN2O3/c1-25-17-5-3-2-4-12(17)8-9-21-19(24)18(23)15-11-22-16-10-13(20)6-7-14(15)16/h2-7,10-11,22H,8-9H2,1H3,(H,21,24). The van der Waals surface area contributed by atoms with Gasteiger partial charge in [0, 0.05) is 28.7 Å². The van der Waals surface area contributed by atoms with E-state index >= 15 is 0 Å². The first kappa shape index (κ1) is 17.0. The van der Waals surface area contributed by atoms with Crippen LogP contribution in [0.25, 0.3) is 10.9 Å². The molecule has 2 N–H and O–H groups in total. The van der Waals surface area contributed by atoms with Gasteiger partial charge in [-0.15, -0.1) is 0 Å². The van der Waals surface area contributed by atoms with Gasteiger partial charge in [0.05, 0.1) is 12.7 Å². The average Bonchev–Trinajstić information content (AvgIpc) is 3.04. The predicted octanol–water partition coefficient (Wildman–Crippen LogP) is 3.37. The van der Waals surface area contributed by atoms with Gasteiger partial charge in [-0.05, 0) is 30.2 Å². The largest absolute Gasteiger partial charge is 0.496 e. The van der Waals surface area contributed by atoms with E-state index in [0.717, 1.165) is 16.8 Å². The third kappa shape index (κ3) is 3.67. The van der Waals surface area contributed by atoms with Crippen molar-refractivity contribution >= 4 is 34.2 Å². The number of amides is 1. The topological polar surface area (TPSA) is 71.2 Å². The van der Waals surface area contributed by atoms with Crippen molar-refractivity contribution in [1.29, 1.82) is 0 Å². The number of fused-ring (bicyclic) bond motifs is 1. The van der Waals surface area contributed by atoms with E-state index < -0.39 is 11.7 Å². The lowest BCUT2D eigenvalue weighted by Gasteiger charge is -2.08. The fourth-order valence-corrected chi connectivity index (χ4v) is 2.88. The lowest BCUT2D eigenvalue weighted by atomic mass is 10.1. The van der Waals surface area contributed by atoms with Crippen molar-refractivity contribution in [1.82, 2.24) is 10.3 Å². The molecule has 2 aromatic carbocycles. The highest BCUT2D eigenvalue weighted by Gasteiger charge is 2.19. The zero-order valence-electron chi connectivity index (χ0n) is 13.6. The van der Waals surface area contributed by atoms with E-state index in [4.69, 9.17) is 16.3 Å². The molecule has 25 heavy (non-hydrogen) atoms. The monoisotopic (exact) mass is 356 g/mol. The highest BCUT2D eigenvalue weighted by atomic mass is 35.5. The number of aromatic amines is 1. The summed E-state index contributed by atoms with van der Waals surface area (Å²) in [5, 5.41) is 3.90. The summed E-state index contributed by atoms with van der Waals surface area (Å²) in [6.07, 6.45) is 2.11. The van der Waals surface area contributed by atoms with Crippen LogP contribution >= 0.6 is 11.6 Å². The number of carbonyl (C=O) groups is 2. The normalized spacial score (nSPS) is 10.6. The highest BCUT2D eigenvalue weighted by molar-refractivity contribution is 6.45. The third-order valence-corrected chi connectivity index (χ3v) is 4.20. The van der Waals surface area contributed by atoms with E-state index in [-0.39, 0.29) is 0 Å². The molecule has 5 nitrogen and oxygen atoms in total. The fraction of sp³-hybridized carbons (Fsp3) is 0.158. The molecule has 1 heterocycles. The molecule has 6 heteroatoms. The molecule has 0 atom stereocenters. The number of rotatable bonds is 6. The number of nitrogens with one attached hydrogen (secondary N) is 2. The molecule has 3 rings (SSSR count). The van der Waals surface area contributed by atoms with Gasteiger partial charge in [0.1, 0.15) is 5.75 Å². The molecule has 0 fully saturated rings. The molecule has 128 valence electrons. The first-order valence-electron chi connectivity index (χ1n) is 7.81.